The highest BCUT2D eigenvalue weighted by molar-refractivity contribution is 6.31. The zero-order valence-corrected chi connectivity index (χ0v) is 17.1. The SMILES string of the molecule is CCn1c(CNC(=O)c2nc(Cl)c(N)nc2N)nc2ccc(C(=O)NCC(=O)O)cc21. The number of halogens is 1. The van der Waals surface area contributed by atoms with Crippen molar-refractivity contribution in [1.82, 2.24) is 30.2 Å². The highest BCUT2D eigenvalue weighted by atomic mass is 35.5. The lowest BCUT2D eigenvalue weighted by Crippen LogP contribution is -2.29. The zero-order valence-electron chi connectivity index (χ0n) is 16.3. The molecule has 0 aliphatic carbocycles. The van der Waals surface area contributed by atoms with Crippen LogP contribution in [0.2, 0.25) is 5.15 Å². The number of benzene rings is 1. The molecule has 0 aliphatic heterocycles. The molecule has 0 atom stereocenters. The molecule has 0 unspecified atom stereocenters. The van der Waals surface area contributed by atoms with E-state index in [1.54, 1.807) is 18.2 Å². The summed E-state index contributed by atoms with van der Waals surface area (Å²) in [6.07, 6.45) is 0. The Hall–Kier alpha value is -3.93. The minimum absolute atomic E-state index is 0.0466. The first-order valence-corrected chi connectivity index (χ1v) is 9.44. The third-order valence-corrected chi connectivity index (χ3v) is 4.61. The van der Waals surface area contributed by atoms with Gasteiger partial charge in [0.25, 0.3) is 11.8 Å². The summed E-state index contributed by atoms with van der Waals surface area (Å²) in [7, 11) is 0. The van der Waals surface area contributed by atoms with Crippen LogP contribution in [0.3, 0.4) is 0 Å². The molecule has 162 valence electrons. The van der Waals surface area contributed by atoms with E-state index in [0.717, 1.165) is 0 Å². The molecule has 2 aromatic heterocycles. The molecule has 2 amide bonds. The van der Waals surface area contributed by atoms with Gasteiger partial charge >= 0.3 is 5.97 Å². The number of aliphatic carboxylic acids is 1. The van der Waals surface area contributed by atoms with Gasteiger partial charge in [0.2, 0.25) is 0 Å². The van der Waals surface area contributed by atoms with E-state index >= 15 is 0 Å². The Labute approximate surface area is 180 Å². The smallest absolute Gasteiger partial charge is 0.322 e. The number of aryl methyl sites for hydroxylation is 1. The molecule has 0 saturated carbocycles. The van der Waals surface area contributed by atoms with Crippen molar-refractivity contribution in [3.8, 4) is 0 Å². The number of carboxylic acids is 1. The highest BCUT2D eigenvalue weighted by Crippen LogP contribution is 2.20. The molecule has 2 heterocycles. The van der Waals surface area contributed by atoms with Crippen molar-refractivity contribution in [2.24, 2.45) is 0 Å². The maximum atomic E-state index is 12.5. The Morgan fingerprint density at radius 1 is 1.10 bits per heavy atom. The maximum Gasteiger partial charge on any atom is 0.322 e. The quantitative estimate of drug-likeness (QED) is 0.341. The Morgan fingerprint density at radius 2 is 1.84 bits per heavy atom. The maximum absolute atomic E-state index is 12.5. The molecule has 12 nitrogen and oxygen atoms in total. The molecule has 31 heavy (non-hydrogen) atoms. The number of carboxylic acid groups (broad SMARTS) is 1. The Kier molecular flexibility index (Phi) is 6.20. The van der Waals surface area contributed by atoms with E-state index in [-0.39, 0.29) is 29.0 Å². The number of nitrogens with two attached hydrogens (primary N) is 2. The second-order valence-electron chi connectivity index (χ2n) is 6.37. The average Bonchev–Trinajstić information content (AvgIpc) is 3.09. The number of hydrogen-bond acceptors (Lipinski definition) is 8. The lowest BCUT2D eigenvalue weighted by atomic mass is 10.2. The molecule has 3 rings (SSSR count). The van der Waals surface area contributed by atoms with E-state index in [1.165, 1.54) is 0 Å². The number of amides is 2. The molecule has 13 heteroatoms. The molecule has 3 aromatic rings. The first kappa shape index (κ1) is 21.8. The molecule has 0 fully saturated rings. The summed E-state index contributed by atoms with van der Waals surface area (Å²) in [4.78, 5) is 47.4. The minimum atomic E-state index is -1.14. The lowest BCUT2D eigenvalue weighted by Gasteiger charge is -2.09. The van der Waals surface area contributed by atoms with E-state index in [9.17, 15) is 14.4 Å². The fourth-order valence-electron chi connectivity index (χ4n) is 2.91. The van der Waals surface area contributed by atoms with Gasteiger partial charge in [-0.25, -0.2) is 15.0 Å². The van der Waals surface area contributed by atoms with Crippen molar-refractivity contribution in [1.29, 1.82) is 0 Å². The normalized spacial score (nSPS) is 10.8. The van der Waals surface area contributed by atoms with Crippen molar-refractivity contribution in [3.05, 3.63) is 40.4 Å². The number of imidazole rings is 1. The van der Waals surface area contributed by atoms with Crippen LogP contribution >= 0.6 is 11.6 Å². The van der Waals surface area contributed by atoms with Gasteiger partial charge in [-0.15, -0.1) is 0 Å². The van der Waals surface area contributed by atoms with E-state index < -0.39 is 24.3 Å². The van der Waals surface area contributed by atoms with Crippen LogP contribution in [-0.4, -0.2) is 49.0 Å². The molecule has 0 bridgehead atoms. The number of rotatable bonds is 7. The van der Waals surface area contributed by atoms with E-state index in [4.69, 9.17) is 28.2 Å². The summed E-state index contributed by atoms with van der Waals surface area (Å²) in [6.45, 7) is 1.96. The number of carbonyl (C=O) groups is 3. The predicted octanol–water partition coefficient (Wildman–Crippen LogP) is 0.408. The molecule has 0 radical (unpaired) electrons. The van der Waals surface area contributed by atoms with Crippen molar-refractivity contribution in [2.45, 2.75) is 20.0 Å². The van der Waals surface area contributed by atoms with E-state index in [2.05, 4.69) is 25.6 Å². The van der Waals surface area contributed by atoms with Gasteiger partial charge in [0.1, 0.15) is 12.4 Å². The largest absolute Gasteiger partial charge is 0.480 e. The standard InChI is InChI=1S/C18H19ClN8O4/c1-2-27-10-5-8(17(30)23-7-12(28)29)3-4-9(10)24-11(27)6-22-18(31)13-15(20)26-16(21)14(19)25-13/h3-5H,2,6-7H2,1H3,(H,22,31)(H,23,30)(H,28,29)(H4,20,21,26). The van der Waals surface area contributed by atoms with Gasteiger partial charge in [-0.1, -0.05) is 11.6 Å². The number of anilines is 2. The van der Waals surface area contributed by atoms with Gasteiger partial charge in [-0.3, -0.25) is 14.4 Å². The third-order valence-electron chi connectivity index (χ3n) is 4.33. The van der Waals surface area contributed by atoms with Gasteiger partial charge in [-0.2, -0.15) is 0 Å². The molecule has 0 spiro atoms. The highest BCUT2D eigenvalue weighted by Gasteiger charge is 2.18. The molecule has 7 N–H and O–H groups in total. The van der Waals surface area contributed by atoms with Crippen molar-refractivity contribution in [2.75, 3.05) is 18.0 Å². The van der Waals surface area contributed by atoms with E-state index in [1.807, 2.05) is 11.5 Å². The average molecular weight is 447 g/mol. The van der Waals surface area contributed by atoms with Crippen LogP contribution in [0.4, 0.5) is 11.6 Å². The topological polar surface area (TPSA) is 191 Å². The van der Waals surface area contributed by atoms with Crippen LogP contribution in [0.5, 0.6) is 0 Å². The van der Waals surface area contributed by atoms with Gasteiger partial charge in [0, 0.05) is 12.1 Å². The molecular weight excluding hydrogens is 428 g/mol. The number of nitrogens with one attached hydrogen (secondary N) is 2. The third kappa shape index (κ3) is 4.64. The van der Waals surface area contributed by atoms with Crippen molar-refractivity contribution >= 4 is 52.1 Å². The summed E-state index contributed by atoms with van der Waals surface area (Å²) in [5.41, 5.74) is 12.6. The van der Waals surface area contributed by atoms with Gasteiger partial charge < -0.3 is 31.8 Å². The van der Waals surface area contributed by atoms with Crippen molar-refractivity contribution in [3.63, 3.8) is 0 Å². The molecular formula is C18H19ClN8O4. The molecule has 1 aromatic carbocycles. The summed E-state index contributed by atoms with van der Waals surface area (Å²) in [5.74, 6) is -1.96. The number of nitrogen functional groups attached to an aromatic ring is 2. The summed E-state index contributed by atoms with van der Waals surface area (Å²) < 4.78 is 1.81. The van der Waals surface area contributed by atoms with Crippen LogP contribution in [0.25, 0.3) is 11.0 Å². The first-order chi connectivity index (χ1) is 14.7. The fraction of sp³-hybridized carbons (Fsp3) is 0.222. The second kappa shape index (κ2) is 8.83. The van der Waals surface area contributed by atoms with Gasteiger partial charge in [0.05, 0.1) is 17.6 Å². The van der Waals surface area contributed by atoms with Crippen LogP contribution < -0.4 is 22.1 Å². The predicted molar refractivity (Wildman–Crippen MR) is 112 cm³/mol. The summed E-state index contributed by atoms with van der Waals surface area (Å²) in [6, 6.07) is 4.80. The van der Waals surface area contributed by atoms with Crippen LogP contribution in [0.1, 0.15) is 33.6 Å². The first-order valence-electron chi connectivity index (χ1n) is 9.07. The molecule has 0 aliphatic rings. The number of nitrogens with zero attached hydrogens (tertiary/aromatic N) is 4. The van der Waals surface area contributed by atoms with Crippen LogP contribution in [0.15, 0.2) is 18.2 Å². The number of hydrogen-bond donors (Lipinski definition) is 5. The lowest BCUT2D eigenvalue weighted by molar-refractivity contribution is -0.135. The Balaban J connectivity index is 1.82. The summed E-state index contributed by atoms with van der Waals surface area (Å²) in [5, 5.41) is 13.5. The Morgan fingerprint density at radius 3 is 2.52 bits per heavy atom. The molecule has 0 saturated heterocycles. The van der Waals surface area contributed by atoms with Crippen LogP contribution in [0, 0.1) is 0 Å². The van der Waals surface area contributed by atoms with E-state index in [0.29, 0.717) is 29.0 Å². The summed E-state index contributed by atoms with van der Waals surface area (Å²) >= 11 is 5.81. The monoisotopic (exact) mass is 446 g/mol. The fourth-order valence-corrected chi connectivity index (χ4v) is 3.04. The second-order valence-corrected chi connectivity index (χ2v) is 6.73. The van der Waals surface area contributed by atoms with Crippen LogP contribution in [-0.2, 0) is 17.9 Å². The number of carbonyl (C=O) groups excluding carboxylic acids is 2. The Bertz CT molecular complexity index is 1190. The zero-order chi connectivity index (χ0) is 22.7. The van der Waals surface area contributed by atoms with Crippen molar-refractivity contribution < 1.29 is 19.5 Å². The van der Waals surface area contributed by atoms with Gasteiger partial charge in [0.15, 0.2) is 22.5 Å². The number of fused-ring (bicyclic) bond motifs is 1. The number of aromatic nitrogens is 4. The van der Waals surface area contributed by atoms with Gasteiger partial charge in [-0.05, 0) is 25.1 Å². The minimum Gasteiger partial charge on any atom is -0.480 e.